The van der Waals surface area contributed by atoms with Crippen molar-refractivity contribution >= 4 is 27.2 Å². The number of hydrogen-bond acceptors (Lipinski definition) is 4. The van der Waals surface area contributed by atoms with Crippen molar-refractivity contribution in [1.82, 2.24) is 0 Å². The van der Waals surface area contributed by atoms with Gasteiger partial charge in [-0.15, -0.1) is 0 Å². The zero-order chi connectivity index (χ0) is 8.00. The van der Waals surface area contributed by atoms with Gasteiger partial charge < -0.3 is 20.6 Å². The van der Waals surface area contributed by atoms with Crippen LogP contribution >= 0.6 is 0 Å². The summed E-state index contributed by atoms with van der Waals surface area (Å²) >= 11 is 0. The Hall–Kier alpha value is 0.316. The number of carbonyl (C=O) groups excluding carboxylic acids is 4. The van der Waals surface area contributed by atoms with Crippen molar-refractivity contribution in [1.29, 1.82) is 0 Å². The molecule has 0 heterocycles. The molecule has 9 heavy (non-hydrogen) atoms. The molecule has 0 fully saturated rings. The van der Waals surface area contributed by atoms with E-state index in [0.29, 0.717) is 0 Å². The minimum absolute atomic E-state index is 0. The second-order valence-corrected chi connectivity index (χ2v) is 0. The van der Waals surface area contributed by atoms with E-state index in [1.807, 2.05) is 27.2 Å². The van der Waals surface area contributed by atoms with Crippen molar-refractivity contribution in [2.45, 2.75) is 0 Å². The first-order valence-electron chi connectivity index (χ1n) is 1.15. The van der Waals surface area contributed by atoms with Gasteiger partial charge in [-0.2, -0.15) is 0 Å². The van der Waals surface area contributed by atoms with Gasteiger partial charge in [0, 0.05) is 0 Å². The molecule has 0 amide bonds. The van der Waals surface area contributed by atoms with Crippen LogP contribution in [0.2, 0.25) is 0 Å². The van der Waals surface area contributed by atoms with Crippen molar-refractivity contribution in [2.24, 2.45) is 0 Å². The Bertz CT molecular complexity index is 25.2. The van der Waals surface area contributed by atoms with Gasteiger partial charge in [-0.05, 0) is 0 Å². The third kappa shape index (κ3) is 3320. The van der Waals surface area contributed by atoms with Gasteiger partial charge in [-0.25, -0.2) is 0 Å². The molecule has 0 radical (unpaired) electrons. The van der Waals surface area contributed by atoms with Crippen LogP contribution in [0.25, 0.3) is 0 Å². The molecule has 0 rings (SSSR count). The molecule has 0 N–H and O–H groups in total. The molecule has 5 heteroatoms. The summed E-state index contributed by atoms with van der Waals surface area (Å²) in [6.45, 7) is 8.00. The first-order valence-corrected chi connectivity index (χ1v) is 1.15. The predicted molar refractivity (Wildman–Crippen MR) is 29.6 cm³/mol. The van der Waals surface area contributed by atoms with E-state index in [0.717, 1.165) is 0 Å². The Kier molecular flexibility index (Phi) is 17100. The second kappa shape index (κ2) is 4450. The van der Waals surface area contributed by atoms with E-state index in [9.17, 15) is 0 Å². The Morgan fingerprint density at radius 3 is 0.556 bits per heavy atom. The molecule has 0 saturated carbocycles. The summed E-state index contributed by atoms with van der Waals surface area (Å²) in [6.07, 6.45) is 0. The molecule has 0 aliphatic heterocycles. The zero-order valence-electron chi connectivity index (χ0n) is 6.46. The summed E-state index contributed by atoms with van der Waals surface area (Å²) < 4.78 is 0. The maximum absolute atomic E-state index is 8.00. The van der Waals surface area contributed by atoms with Crippen LogP contribution in [0, 0.1) is 0 Å². The second-order valence-electron chi connectivity index (χ2n) is 0. The minimum atomic E-state index is 0. The van der Waals surface area contributed by atoms with E-state index >= 15 is 0 Å². The summed E-state index contributed by atoms with van der Waals surface area (Å²) in [5.74, 6) is 0. The minimum Gasteiger partial charge on any atom is -1.00 e. The van der Waals surface area contributed by atoms with Gasteiger partial charge in [0.05, 0.1) is 0 Å². The molecule has 0 atom stereocenters. The fourth-order valence-corrected chi connectivity index (χ4v) is 0. The molecule has 0 bridgehead atoms. The van der Waals surface area contributed by atoms with E-state index in [1.54, 1.807) is 0 Å². The first kappa shape index (κ1) is 34.6. The van der Waals surface area contributed by atoms with Crippen molar-refractivity contribution < 1.29 is 72.0 Å². The topological polar surface area (TPSA) is 68.3 Å². The van der Waals surface area contributed by atoms with Crippen LogP contribution in [0.5, 0.6) is 0 Å². The molecule has 0 unspecified atom stereocenters. The predicted octanol–water partition coefficient (Wildman–Crippen LogP) is -3.62. The molecular weight excluding hydrogens is 151 g/mol. The van der Waals surface area contributed by atoms with Crippen LogP contribution in [0.15, 0.2) is 0 Å². The summed E-state index contributed by atoms with van der Waals surface area (Å²) in [6, 6.07) is 0. The van der Waals surface area contributed by atoms with Crippen LogP contribution in [0.3, 0.4) is 0 Å². The monoisotopic (exact) mass is 160 g/mol. The van der Waals surface area contributed by atoms with Gasteiger partial charge in [0.15, 0.2) is 0 Å². The van der Waals surface area contributed by atoms with Gasteiger partial charge in [-0.3, -0.25) is 0 Å². The molecule has 0 aliphatic rings. The van der Waals surface area contributed by atoms with Crippen molar-refractivity contribution in [3.05, 3.63) is 0 Å². The number of rotatable bonds is 0. The normalized spacial score (nSPS) is 1.78. The van der Waals surface area contributed by atoms with Crippen LogP contribution in [-0.4, -0.2) is 27.2 Å². The van der Waals surface area contributed by atoms with E-state index < -0.39 is 0 Å². The molecule has 0 aromatic rings. The van der Waals surface area contributed by atoms with Crippen molar-refractivity contribution in [3.8, 4) is 0 Å². The summed E-state index contributed by atoms with van der Waals surface area (Å²) in [5, 5.41) is 0. The quantitative estimate of drug-likeness (QED) is 0.343. The van der Waals surface area contributed by atoms with Crippen molar-refractivity contribution in [2.75, 3.05) is 0 Å². The Morgan fingerprint density at radius 2 is 0.556 bits per heavy atom. The SMILES string of the molecule is C=O.C=O.C=O.C=O.[H-].[K+]. The number of hydrogen-bond donors (Lipinski definition) is 0. The third-order valence-electron chi connectivity index (χ3n) is 0. The number of carbonyl (C=O) groups is 4. The van der Waals surface area contributed by atoms with Gasteiger partial charge in [0.2, 0.25) is 0 Å². The van der Waals surface area contributed by atoms with Gasteiger partial charge in [0.25, 0.3) is 0 Å². The smallest absolute Gasteiger partial charge is 1.00 e. The van der Waals surface area contributed by atoms with Crippen LogP contribution in [0.4, 0.5) is 0 Å². The summed E-state index contributed by atoms with van der Waals surface area (Å²) in [7, 11) is 0. The maximum Gasteiger partial charge on any atom is 1.00 e. The van der Waals surface area contributed by atoms with Crippen molar-refractivity contribution in [3.63, 3.8) is 0 Å². The van der Waals surface area contributed by atoms with E-state index in [2.05, 4.69) is 0 Å². The molecule has 0 aromatic carbocycles. The molecule has 0 aromatic heterocycles. The average Bonchev–Trinajstić information content (AvgIpc) is 2.03. The zero-order valence-corrected chi connectivity index (χ0v) is 8.58. The van der Waals surface area contributed by atoms with Crippen LogP contribution < -0.4 is 51.4 Å². The van der Waals surface area contributed by atoms with E-state index in [-0.39, 0.29) is 52.8 Å². The largest absolute Gasteiger partial charge is 1.00 e. The summed E-state index contributed by atoms with van der Waals surface area (Å²) in [4.78, 5) is 32.0. The Labute approximate surface area is 97.9 Å². The molecule has 0 saturated heterocycles. The van der Waals surface area contributed by atoms with Crippen LogP contribution in [-0.2, 0) is 19.2 Å². The molecule has 4 nitrogen and oxygen atoms in total. The Balaban J connectivity index is -0.00000000500. The standard InChI is InChI=1S/4CH2O.K.H/c4*1-2;;/h4*1H2;;/q;;;;+1;-1. The fraction of sp³-hybridized carbons (Fsp3) is 0. The van der Waals surface area contributed by atoms with Gasteiger partial charge in [0.1, 0.15) is 27.2 Å². The van der Waals surface area contributed by atoms with E-state index in [4.69, 9.17) is 19.2 Å². The average molecular weight is 160 g/mol. The van der Waals surface area contributed by atoms with Gasteiger partial charge >= 0.3 is 51.4 Å². The fourth-order valence-electron chi connectivity index (χ4n) is 0. The molecule has 50 valence electrons. The molecular formula is C4H9KO4. The first-order chi connectivity index (χ1) is 4.00. The van der Waals surface area contributed by atoms with Crippen LogP contribution in [0.1, 0.15) is 1.43 Å². The third-order valence-corrected chi connectivity index (χ3v) is 0. The van der Waals surface area contributed by atoms with Gasteiger partial charge in [-0.1, -0.05) is 0 Å². The molecule has 0 spiro atoms. The summed E-state index contributed by atoms with van der Waals surface area (Å²) in [5.41, 5.74) is 0. The maximum atomic E-state index is 8.00. The Morgan fingerprint density at radius 1 is 0.556 bits per heavy atom. The molecule has 0 aliphatic carbocycles. The van der Waals surface area contributed by atoms with E-state index in [1.165, 1.54) is 0 Å².